The molecule has 1 saturated carbocycles. The van der Waals surface area contributed by atoms with Crippen LogP contribution in [0.25, 0.3) is 11.2 Å². The molecule has 0 radical (unpaired) electrons. The number of anilines is 2. The molecule has 3 N–H and O–H groups in total. The Morgan fingerprint density at radius 3 is 2.85 bits per heavy atom. The van der Waals surface area contributed by atoms with Crippen LogP contribution in [0.4, 0.5) is 11.5 Å². The highest BCUT2D eigenvalue weighted by Crippen LogP contribution is 2.37. The zero-order chi connectivity index (χ0) is 22.9. The molecule has 176 valence electrons. The van der Waals surface area contributed by atoms with E-state index in [9.17, 15) is 10.2 Å². The van der Waals surface area contributed by atoms with E-state index in [0.717, 1.165) is 25.2 Å². The van der Waals surface area contributed by atoms with E-state index in [0.29, 0.717) is 35.9 Å². The summed E-state index contributed by atoms with van der Waals surface area (Å²) in [6.07, 6.45) is 4.71. The number of hydrogen-bond donors (Lipinski definition) is 3. The van der Waals surface area contributed by atoms with Crippen LogP contribution in [-0.2, 0) is 4.74 Å². The zero-order valence-electron chi connectivity index (χ0n) is 18.7. The minimum absolute atomic E-state index is 0.136. The van der Waals surface area contributed by atoms with E-state index in [1.54, 1.807) is 26.7 Å². The number of rotatable bonds is 7. The van der Waals surface area contributed by atoms with Crippen LogP contribution in [0.2, 0.25) is 0 Å². The monoisotopic (exact) mass is 455 g/mol. The molecule has 5 rings (SSSR count). The fourth-order valence-electron chi connectivity index (χ4n) is 4.97. The lowest BCUT2D eigenvalue weighted by molar-refractivity contribution is -0.00886. The van der Waals surface area contributed by atoms with Crippen molar-refractivity contribution >= 4 is 22.7 Å². The van der Waals surface area contributed by atoms with Crippen LogP contribution in [0.5, 0.6) is 5.88 Å². The Balaban J connectivity index is 1.33. The number of nitrogens with one attached hydrogen (secondary N) is 1. The van der Waals surface area contributed by atoms with Gasteiger partial charge < -0.3 is 34.5 Å². The van der Waals surface area contributed by atoms with Crippen molar-refractivity contribution in [3.8, 4) is 5.88 Å². The quantitative estimate of drug-likeness (QED) is 0.471. The summed E-state index contributed by atoms with van der Waals surface area (Å²) in [5, 5.41) is 24.5. The lowest BCUT2D eigenvalue weighted by atomic mass is 10.1. The van der Waals surface area contributed by atoms with Crippen LogP contribution >= 0.6 is 0 Å². The summed E-state index contributed by atoms with van der Waals surface area (Å²) < 4.78 is 12.3. The van der Waals surface area contributed by atoms with E-state index in [1.807, 2.05) is 16.7 Å². The molecule has 1 aliphatic heterocycles. The van der Waals surface area contributed by atoms with Gasteiger partial charge in [0.05, 0.1) is 32.2 Å². The molecule has 4 heterocycles. The molecule has 1 saturated heterocycles. The molecule has 5 atom stereocenters. The van der Waals surface area contributed by atoms with Gasteiger partial charge in [0.25, 0.3) is 0 Å². The molecule has 33 heavy (non-hydrogen) atoms. The second-order valence-corrected chi connectivity index (χ2v) is 8.68. The number of imidazole rings is 1. The zero-order valence-corrected chi connectivity index (χ0v) is 18.7. The van der Waals surface area contributed by atoms with Crippen molar-refractivity contribution in [1.29, 1.82) is 0 Å². The maximum atomic E-state index is 10.6. The van der Waals surface area contributed by atoms with Gasteiger partial charge in [0.1, 0.15) is 17.9 Å². The first-order valence-corrected chi connectivity index (χ1v) is 11.1. The van der Waals surface area contributed by atoms with Crippen molar-refractivity contribution in [1.82, 2.24) is 24.5 Å². The minimum Gasteiger partial charge on any atom is -0.481 e. The Morgan fingerprint density at radius 1 is 1.15 bits per heavy atom. The number of aliphatic hydroxyl groups is 2. The third-order valence-electron chi connectivity index (χ3n) is 6.69. The van der Waals surface area contributed by atoms with Gasteiger partial charge in [0.15, 0.2) is 11.5 Å². The molecular weight excluding hydrogens is 426 g/mol. The molecule has 3 aromatic heterocycles. The van der Waals surface area contributed by atoms with E-state index < -0.39 is 12.2 Å². The van der Waals surface area contributed by atoms with Gasteiger partial charge in [-0.3, -0.25) is 0 Å². The van der Waals surface area contributed by atoms with Crippen molar-refractivity contribution in [3.05, 3.63) is 31.0 Å². The Labute approximate surface area is 191 Å². The Morgan fingerprint density at radius 2 is 2.03 bits per heavy atom. The lowest BCUT2D eigenvalue weighted by Gasteiger charge is -2.20. The number of methoxy groups -OCH3 is 2. The standard InChI is InChI=1S/C22H29N7O4/c1-32-10-13-7-16(20(31)19(13)30)29-12-26-18-21(24-11-25-22(18)29)27-14-4-6-28(9-14)15-3-5-23-17(8-15)33-2/h3,5,8,11-14,16,19-20,30-31H,4,6-7,9-10H2,1-2H3,(H,24,25,27)/t13-,14+,16-,19+,20-/m1/s1. The summed E-state index contributed by atoms with van der Waals surface area (Å²) in [5.41, 5.74) is 2.36. The maximum absolute atomic E-state index is 10.6. The van der Waals surface area contributed by atoms with Crippen molar-refractivity contribution in [2.75, 3.05) is 44.1 Å². The number of aliphatic hydroxyl groups excluding tert-OH is 2. The predicted molar refractivity (Wildman–Crippen MR) is 121 cm³/mol. The number of pyridine rings is 1. The van der Waals surface area contributed by atoms with Gasteiger partial charge in [-0.15, -0.1) is 0 Å². The van der Waals surface area contributed by atoms with Gasteiger partial charge in [0.2, 0.25) is 5.88 Å². The topological polar surface area (TPSA) is 131 Å². The smallest absolute Gasteiger partial charge is 0.214 e. The number of fused-ring (bicyclic) bond motifs is 1. The highest BCUT2D eigenvalue weighted by atomic mass is 16.5. The molecular formula is C22H29N7O4. The first kappa shape index (κ1) is 21.8. The average molecular weight is 456 g/mol. The minimum atomic E-state index is -0.908. The molecule has 11 nitrogen and oxygen atoms in total. The maximum Gasteiger partial charge on any atom is 0.214 e. The highest BCUT2D eigenvalue weighted by molar-refractivity contribution is 5.83. The molecule has 2 fully saturated rings. The molecule has 11 heteroatoms. The summed E-state index contributed by atoms with van der Waals surface area (Å²) in [6.45, 7) is 2.11. The van der Waals surface area contributed by atoms with Crippen molar-refractivity contribution < 1.29 is 19.7 Å². The first-order valence-electron chi connectivity index (χ1n) is 11.1. The van der Waals surface area contributed by atoms with Crippen molar-refractivity contribution in [2.24, 2.45) is 5.92 Å². The second-order valence-electron chi connectivity index (χ2n) is 8.68. The fraction of sp³-hybridized carbons (Fsp3) is 0.545. The second kappa shape index (κ2) is 9.08. The fourth-order valence-corrected chi connectivity index (χ4v) is 4.97. The number of aromatic nitrogens is 5. The van der Waals surface area contributed by atoms with Gasteiger partial charge in [-0.1, -0.05) is 0 Å². The van der Waals surface area contributed by atoms with Gasteiger partial charge in [0, 0.05) is 50.1 Å². The van der Waals surface area contributed by atoms with Crippen LogP contribution in [0.3, 0.4) is 0 Å². The highest BCUT2D eigenvalue weighted by Gasteiger charge is 2.43. The molecule has 2 aliphatic rings. The summed E-state index contributed by atoms with van der Waals surface area (Å²) in [7, 11) is 3.21. The van der Waals surface area contributed by atoms with Gasteiger partial charge in [-0.05, 0) is 18.9 Å². The predicted octanol–water partition coefficient (Wildman–Crippen LogP) is 0.850. The lowest BCUT2D eigenvalue weighted by Crippen LogP contribution is -2.30. The molecule has 0 unspecified atom stereocenters. The van der Waals surface area contributed by atoms with Gasteiger partial charge in [-0.2, -0.15) is 0 Å². The number of hydrogen-bond acceptors (Lipinski definition) is 10. The third kappa shape index (κ3) is 4.07. The van der Waals surface area contributed by atoms with Crippen molar-refractivity contribution in [3.63, 3.8) is 0 Å². The van der Waals surface area contributed by atoms with E-state index in [-0.39, 0.29) is 18.0 Å². The van der Waals surface area contributed by atoms with E-state index >= 15 is 0 Å². The third-order valence-corrected chi connectivity index (χ3v) is 6.69. The van der Waals surface area contributed by atoms with Crippen LogP contribution in [0.15, 0.2) is 31.0 Å². The van der Waals surface area contributed by atoms with Crippen molar-refractivity contribution in [2.45, 2.75) is 37.1 Å². The van der Waals surface area contributed by atoms with E-state index in [2.05, 4.69) is 30.2 Å². The van der Waals surface area contributed by atoms with Crippen LogP contribution in [0.1, 0.15) is 18.9 Å². The molecule has 1 aliphatic carbocycles. The molecule has 0 amide bonds. The SMILES string of the molecule is COC[C@H]1C[C@@H](n2cnc3c(N[C@H]4CCN(c5ccnc(OC)c5)C4)ncnc32)[C@@H](O)[C@H]1O. The van der Waals surface area contributed by atoms with Crippen LogP contribution in [-0.4, -0.2) is 86.9 Å². The Kier molecular flexibility index (Phi) is 6.00. The molecule has 0 spiro atoms. The van der Waals surface area contributed by atoms with Crippen LogP contribution < -0.4 is 15.0 Å². The molecule has 3 aromatic rings. The average Bonchev–Trinajstić information content (AvgIpc) is 3.54. The summed E-state index contributed by atoms with van der Waals surface area (Å²) >= 11 is 0. The summed E-state index contributed by atoms with van der Waals surface area (Å²) in [4.78, 5) is 19.9. The normalized spacial score (nSPS) is 27.4. The Bertz CT molecular complexity index is 1110. The number of ether oxygens (including phenoxy) is 2. The Hall–Kier alpha value is -3.02. The largest absolute Gasteiger partial charge is 0.481 e. The van der Waals surface area contributed by atoms with Gasteiger partial charge in [-0.25, -0.2) is 19.9 Å². The summed E-state index contributed by atoms with van der Waals surface area (Å²) in [5.74, 6) is 1.13. The van der Waals surface area contributed by atoms with Gasteiger partial charge >= 0.3 is 0 Å². The van der Waals surface area contributed by atoms with E-state index in [4.69, 9.17) is 9.47 Å². The molecule has 0 aromatic carbocycles. The van der Waals surface area contributed by atoms with E-state index in [1.165, 1.54) is 6.33 Å². The first-order chi connectivity index (χ1) is 16.1. The number of nitrogens with zero attached hydrogens (tertiary/aromatic N) is 6. The summed E-state index contributed by atoms with van der Waals surface area (Å²) in [6, 6.07) is 3.78. The molecule has 0 bridgehead atoms. The van der Waals surface area contributed by atoms with Crippen LogP contribution in [0, 0.1) is 5.92 Å².